The summed E-state index contributed by atoms with van der Waals surface area (Å²) >= 11 is 1.60. The van der Waals surface area contributed by atoms with Crippen LogP contribution >= 0.6 is 11.8 Å². The lowest BCUT2D eigenvalue weighted by Gasteiger charge is -2.19. The highest BCUT2D eigenvalue weighted by Crippen LogP contribution is 2.25. The minimum absolute atomic E-state index is 0.299. The van der Waals surface area contributed by atoms with Crippen molar-refractivity contribution in [3.05, 3.63) is 41.3 Å². The number of nitrogens with zero attached hydrogens (tertiary/aromatic N) is 2. The van der Waals surface area contributed by atoms with Crippen LogP contribution in [0, 0.1) is 13.8 Å². The molecule has 1 heterocycles. The second-order valence-corrected chi connectivity index (χ2v) is 5.73. The third kappa shape index (κ3) is 4.08. The lowest BCUT2D eigenvalue weighted by Crippen LogP contribution is -2.24. The number of rotatable bonds is 7. The number of hydrogen-bond donors (Lipinski definition) is 1. The number of aryl methyl sites for hydroxylation is 2. The van der Waals surface area contributed by atoms with E-state index in [9.17, 15) is 0 Å². The largest absolute Gasteiger partial charge is 0.416 e. The van der Waals surface area contributed by atoms with Gasteiger partial charge in [0.1, 0.15) is 0 Å². The Labute approximate surface area is 124 Å². The Balaban J connectivity index is 2.05. The van der Waals surface area contributed by atoms with E-state index in [2.05, 4.69) is 53.6 Å². The molecule has 0 aliphatic rings. The maximum atomic E-state index is 5.42. The summed E-state index contributed by atoms with van der Waals surface area (Å²) in [6.45, 7) is 7.14. The quantitative estimate of drug-likeness (QED) is 0.791. The van der Waals surface area contributed by atoms with Crippen LogP contribution in [0.3, 0.4) is 0 Å². The second kappa shape index (κ2) is 7.45. The highest BCUT2D eigenvalue weighted by atomic mass is 32.2. The van der Waals surface area contributed by atoms with Gasteiger partial charge >= 0.3 is 0 Å². The Kier molecular flexibility index (Phi) is 5.61. The molecule has 108 valence electrons. The number of benzene rings is 1. The fourth-order valence-corrected chi connectivity index (χ4v) is 2.93. The van der Waals surface area contributed by atoms with Gasteiger partial charge in [0.15, 0.2) is 0 Å². The molecule has 4 nitrogen and oxygen atoms in total. The Bertz CT molecular complexity index is 541. The molecule has 0 aliphatic heterocycles. The molecule has 0 aliphatic carbocycles. The molecule has 1 atom stereocenters. The molecule has 0 bridgehead atoms. The fourth-order valence-electron chi connectivity index (χ4n) is 2.05. The van der Waals surface area contributed by atoms with Crippen molar-refractivity contribution >= 4 is 11.8 Å². The molecule has 20 heavy (non-hydrogen) atoms. The lowest BCUT2D eigenvalue weighted by atomic mass is 10.0. The van der Waals surface area contributed by atoms with Gasteiger partial charge < -0.3 is 9.73 Å². The summed E-state index contributed by atoms with van der Waals surface area (Å²) in [6.07, 6.45) is 1.12. The molecule has 1 N–H and O–H groups in total. The molecule has 0 saturated carbocycles. The zero-order chi connectivity index (χ0) is 14.4. The van der Waals surface area contributed by atoms with Gasteiger partial charge in [-0.3, -0.25) is 0 Å². The minimum atomic E-state index is 0.299. The molecule has 1 unspecified atom stereocenters. The van der Waals surface area contributed by atoms with Gasteiger partial charge in [-0.1, -0.05) is 43.0 Å². The van der Waals surface area contributed by atoms with E-state index in [-0.39, 0.29) is 0 Å². The first kappa shape index (κ1) is 15.1. The predicted molar refractivity (Wildman–Crippen MR) is 82.0 cm³/mol. The summed E-state index contributed by atoms with van der Waals surface area (Å²) in [5.41, 5.74) is 2.65. The monoisotopic (exact) mass is 291 g/mol. The van der Waals surface area contributed by atoms with Crippen molar-refractivity contribution in [3.63, 3.8) is 0 Å². The number of hydrogen-bond acceptors (Lipinski definition) is 5. The minimum Gasteiger partial charge on any atom is -0.416 e. The Morgan fingerprint density at radius 3 is 2.70 bits per heavy atom. The van der Waals surface area contributed by atoms with E-state index in [1.54, 1.807) is 11.8 Å². The van der Waals surface area contributed by atoms with E-state index in [1.165, 1.54) is 11.1 Å². The average Bonchev–Trinajstić information content (AvgIpc) is 2.86. The first-order chi connectivity index (χ1) is 9.70. The van der Waals surface area contributed by atoms with Crippen LogP contribution in [0.25, 0.3) is 0 Å². The first-order valence-corrected chi connectivity index (χ1v) is 7.91. The summed E-state index contributed by atoms with van der Waals surface area (Å²) in [7, 11) is 0. The second-order valence-electron chi connectivity index (χ2n) is 4.76. The van der Waals surface area contributed by atoms with Gasteiger partial charge in [0.2, 0.25) is 5.89 Å². The molecule has 5 heteroatoms. The highest BCUT2D eigenvalue weighted by molar-refractivity contribution is 7.99. The molecule has 1 aromatic heterocycles. The Hall–Kier alpha value is -1.33. The van der Waals surface area contributed by atoms with E-state index in [0.717, 1.165) is 18.7 Å². The van der Waals surface area contributed by atoms with Crippen LogP contribution in [0.5, 0.6) is 0 Å². The SMILES string of the molecule is CCCNC(CSc1nnc(C)o1)c1ccccc1C. The molecule has 2 rings (SSSR count). The molecule has 1 aromatic carbocycles. The Morgan fingerprint density at radius 2 is 2.05 bits per heavy atom. The van der Waals surface area contributed by atoms with Gasteiger partial charge in [0.25, 0.3) is 5.22 Å². The normalized spacial score (nSPS) is 12.6. The summed E-state index contributed by atoms with van der Waals surface area (Å²) in [6, 6.07) is 8.79. The van der Waals surface area contributed by atoms with E-state index < -0.39 is 0 Å². The first-order valence-electron chi connectivity index (χ1n) is 6.92. The maximum Gasteiger partial charge on any atom is 0.276 e. The predicted octanol–water partition coefficient (Wildman–Crippen LogP) is 3.52. The van der Waals surface area contributed by atoms with E-state index >= 15 is 0 Å². The van der Waals surface area contributed by atoms with Crippen LogP contribution in [-0.4, -0.2) is 22.5 Å². The lowest BCUT2D eigenvalue weighted by molar-refractivity contribution is 0.428. The zero-order valence-electron chi connectivity index (χ0n) is 12.2. The van der Waals surface area contributed by atoms with Gasteiger partial charge in [0, 0.05) is 18.7 Å². The molecular weight excluding hydrogens is 270 g/mol. The van der Waals surface area contributed by atoms with Crippen molar-refractivity contribution in [2.75, 3.05) is 12.3 Å². The third-order valence-corrected chi connectivity index (χ3v) is 4.00. The number of nitrogens with one attached hydrogen (secondary N) is 1. The molecule has 0 amide bonds. The average molecular weight is 291 g/mol. The Morgan fingerprint density at radius 1 is 1.25 bits per heavy atom. The van der Waals surface area contributed by atoms with Gasteiger partial charge in [-0.15, -0.1) is 10.2 Å². The van der Waals surface area contributed by atoms with E-state index in [1.807, 2.05) is 6.92 Å². The van der Waals surface area contributed by atoms with Crippen molar-refractivity contribution in [1.82, 2.24) is 15.5 Å². The maximum absolute atomic E-state index is 5.42. The summed E-state index contributed by atoms with van der Waals surface area (Å²) in [5.74, 6) is 1.49. The summed E-state index contributed by atoms with van der Waals surface area (Å²) in [5, 5.41) is 12.1. The van der Waals surface area contributed by atoms with Gasteiger partial charge in [-0.25, -0.2) is 0 Å². The molecule has 0 fully saturated rings. The molecular formula is C15H21N3OS. The highest BCUT2D eigenvalue weighted by Gasteiger charge is 2.15. The van der Waals surface area contributed by atoms with Crippen molar-refractivity contribution in [3.8, 4) is 0 Å². The van der Waals surface area contributed by atoms with Gasteiger partial charge in [0.05, 0.1) is 0 Å². The van der Waals surface area contributed by atoms with Crippen LogP contribution < -0.4 is 5.32 Å². The van der Waals surface area contributed by atoms with Crippen LogP contribution in [0.1, 0.15) is 36.4 Å². The van der Waals surface area contributed by atoms with Crippen molar-refractivity contribution < 1.29 is 4.42 Å². The summed E-state index contributed by atoms with van der Waals surface area (Å²) < 4.78 is 5.42. The number of thioether (sulfide) groups is 1. The third-order valence-electron chi connectivity index (χ3n) is 3.09. The van der Waals surface area contributed by atoms with Crippen molar-refractivity contribution in [2.24, 2.45) is 0 Å². The van der Waals surface area contributed by atoms with Crippen LogP contribution in [-0.2, 0) is 0 Å². The smallest absolute Gasteiger partial charge is 0.276 e. The van der Waals surface area contributed by atoms with Crippen molar-refractivity contribution in [2.45, 2.75) is 38.5 Å². The van der Waals surface area contributed by atoms with Crippen LogP contribution in [0.4, 0.5) is 0 Å². The van der Waals surface area contributed by atoms with Gasteiger partial charge in [-0.2, -0.15) is 0 Å². The summed E-state index contributed by atoms with van der Waals surface area (Å²) in [4.78, 5) is 0. The molecule has 0 saturated heterocycles. The standard InChI is InChI=1S/C15H21N3OS/c1-4-9-16-14(13-8-6-5-7-11(13)2)10-20-15-18-17-12(3)19-15/h5-8,14,16H,4,9-10H2,1-3H3. The molecule has 2 aromatic rings. The molecule has 0 radical (unpaired) electrons. The fraction of sp³-hybridized carbons (Fsp3) is 0.467. The van der Waals surface area contributed by atoms with Crippen LogP contribution in [0.2, 0.25) is 0 Å². The number of aromatic nitrogens is 2. The van der Waals surface area contributed by atoms with Crippen LogP contribution in [0.15, 0.2) is 33.9 Å². The zero-order valence-corrected chi connectivity index (χ0v) is 13.0. The molecule has 0 spiro atoms. The van der Waals surface area contributed by atoms with Crippen molar-refractivity contribution in [1.29, 1.82) is 0 Å². The van der Waals surface area contributed by atoms with E-state index in [0.29, 0.717) is 17.2 Å². The van der Waals surface area contributed by atoms with Gasteiger partial charge in [-0.05, 0) is 31.0 Å². The topological polar surface area (TPSA) is 51.0 Å². The van der Waals surface area contributed by atoms with E-state index in [4.69, 9.17) is 4.42 Å².